The lowest BCUT2D eigenvalue weighted by Crippen LogP contribution is -1.94. The van der Waals surface area contributed by atoms with Crippen LogP contribution >= 0.6 is 11.6 Å². The highest BCUT2D eigenvalue weighted by atomic mass is 35.5. The molecule has 0 saturated heterocycles. The molecule has 3 heteroatoms. The zero-order valence-corrected chi connectivity index (χ0v) is 7.14. The van der Waals surface area contributed by atoms with Crippen molar-refractivity contribution in [2.75, 3.05) is 0 Å². The highest BCUT2D eigenvalue weighted by Gasteiger charge is 2.06. The molecule has 0 fully saturated rings. The number of nitrogens with two attached hydrogens (primary N) is 1. The predicted octanol–water partition coefficient (Wildman–Crippen LogP) is 2.54. The minimum Gasteiger partial charge on any atom is -0.464 e. The number of hydrogen-bond donors (Lipinski definition) is 1. The van der Waals surface area contributed by atoms with E-state index < -0.39 is 0 Å². The van der Waals surface area contributed by atoms with Crippen LogP contribution in [0.25, 0.3) is 11.0 Å². The maximum atomic E-state index is 5.97. The van der Waals surface area contributed by atoms with Crippen molar-refractivity contribution in [3.05, 3.63) is 35.0 Å². The molecule has 0 bridgehead atoms. The van der Waals surface area contributed by atoms with Crippen molar-refractivity contribution in [3.8, 4) is 0 Å². The number of benzene rings is 1. The van der Waals surface area contributed by atoms with Crippen molar-refractivity contribution in [1.29, 1.82) is 0 Å². The number of hydrogen-bond acceptors (Lipinski definition) is 2. The van der Waals surface area contributed by atoms with Crippen LogP contribution in [-0.2, 0) is 6.54 Å². The van der Waals surface area contributed by atoms with Crippen molar-refractivity contribution in [2.45, 2.75) is 6.54 Å². The molecule has 0 radical (unpaired) electrons. The number of furan rings is 1. The quantitative estimate of drug-likeness (QED) is 0.735. The second kappa shape index (κ2) is 2.81. The third kappa shape index (κ3) is 1.00. The fraction of sp³-hybridized carbons (Fsp3) is 0.111. The molecule has 1 heterocycles. The molecule has 1 aromatic heterocycles. The molecule has 12 heavy (non-hydrogen) atoms. The summed E-state index contributed by atoms with van der Waals surface area (Å²) in [7, 11) is 0. The average molecular weight is 182 g/mol. The van der Waals surface area contributed by atoms with Gasteiger partial charge in [0.1, 0.15) is 5.58 Å². The minimum absolute atomic E-state index is 0.455. The molecule has 0 saturated carbocycles. The van der Waals surface area contributed by atoms with Crippen LogP contribution in [0.1, 0.15) is 5.56 Å². The molecular formula is C9H8ClNO. The fourth-order valence-corrected chi connectivity index (χ4v) is 1.55. The molecule has 0 unspecified atom stereocenters. The molecule has 0 amide bonds. The van der Waals surface area contributed by atoms with Crippen LogP contribution in [-0.4, -0.2) is 0 Å². The van der Waals surface area contributed by atoms with Crippen molar-refractivity contribution < 1.29 is 4.42 Å². The Morgan fingerprint density at radius 3 is 3.00 bits per heavy atom. The first-order chi connectivity index (χ1) is 5.83. The van der Waals surface area contributed by atoms with Gasteiger partial charge >= 0.3 is 0 Å². The topological polar surface area (TPSA) is 39.2 Å². The maximum absolute atomic E-state index is 5.97. The Morgan fingerprint density at radius 1 is 1.42 bits per heavy atom. The first-order valence-electron chi connectivity index (χ1n) is 3.67. The van der Waals surface area contributed by atoms with Crippen molar-refractivity contribution in [3.63, 3.8) is 0 Å². The molecule has 2 rings (SSSR count). The lowest BCUT2D eigenvalue weighted by atomic mass is 10.2. The summed E-state index contributed by atoms with van der Waals surface area (Å²) >= 11 is 5.97. The number of halogens is 1. The molecule has 62 valence electrons. The van der Waals surface area contributed by atoms with E-state index in [1.807, 2.05) is 18.2 Å². The largest absolute Gasteiger partial charge is 0.464 e. The molecular weight excluding hydrogens is 174 g/mol. The van der Waals surface area contributed by atoms with Crippen LogP contribution in [0.5, 0.6) is 0 Å². The van der Waals surface area contributed by atoms with Gasteiger partial charge in [-0.1, -0.05) is 17.7 Å². The Hall–Kier alpha value is -0.990. The van der Waals surface area contributed by atoms with Gasteiger partial charge in [0.25, 0.3) is 0 Å². The van der Waals surface area contributed by atoms with Gasteiger partial charge in [0.2, 0.25) is 0 Å². The van der Waals surface area contributed by atoms with Crippen LogP contribution < -0.4 is 5.73 Å². The summed E-state index contributed by atoms with van der Waals surface area (Å²) in [6.07, 6.45) is 1.65. The monoisotopic (exact) mass is 181 g/mol. The van der Waals surface area contributed by atoms with E-state index in [0.29, 0.717) is 11.6 Å². The van der Waals surface area contributed by atoms with E-state index in [-0.39, 0.29) is 0 Å². The van der Waals surface area contributed by atoms with Crippen LogP contribution in [0.4, 0.5) is 0 Å². The van der Waals surface area contributed by atoms with Crippen molar-refractivity contribution >= 4 is 22.6 Å². The highest BCUT2D eigenvalue weighted by Crippen LogP contribution is 2.27. The van der Waals surface area contributed by atoms with Gasteiger partial charge in [0, 0.05) is 17.5 Å². The Kier molecular flexibility index (Phi) is 1.79. The Balaban J connectivity index is 2.83. The van der Waals surface area contributed by atoms with Gasteiger partial charge in [-0.25, -0.2) is 0 Å². The standard InChI is InChI=1S/C9H8ClNO/c10-7-2-1-3-8-9(7)6(4-11)5-12-8/h1-3,5H,4,11H2. The zero-order chi connectivity index (χ0) is 8.55. The first-order valence-corrected chi connectivity index (χ1v) is 4.05. The molecule has 0 aliphatic heterocycles. The predicted molar refractivity (Wildman–Crippen MR) is 49.1 cm³/mol. The summed E-state index contributed by atoms with van der Waals surface area (Å²) in [6.45, 7) is 0.455. The molecule has 0 atom stereocenters. The van der Waals surface area contributed by atoms with Gasteiger partial charge in [0.05, 0.1) is 11.3 Å². The molecule has 0 aliphatic carbocycles. The second-order valence-corrected chi connectivity index (χ2v) is 2.99. The van der Waals surface area contributed by atoms with Crippen LogP contribution in [0.2, 0.25) is 5.02 Å². The molecule has 2 nitrogen and oxygen atoms in total. The highest BCUT2D eigenvalue weighted by molar-refractivity contribution is 6.35. The van der Waals surface area contributed by atoms with Gasteiger partial charge in [-0.05, 0) is 12.1 Å². The van der Waals surface area contributed by atoms with E-state index in [9.17, 15) is 0 Å². The lowest BCUT2D eigenvalue weighted by molar-refractivity contribution is 0.610. The third-order valence-corrected chi connectivity index (χ3v) is 2.16. The summed E-state index contributed by atoms with van der Waals surface area (Å²) in [5, 5.41) is 1.63. The van der Waals surface area contributed by atoms with Gasteiger partial charge in [-0.15, -0.1) is 0 Å². The average Bonchev–Trinajstić information content (AvgIpc) is 2.49. The Morgan fingerprint density at radius 2 is 2.25 bits per heavy atom. The summed E-state index contributed by atoms with van der Waals surface area (Å²) in [5.74, 6) is 0. The van der Waals surface area contributed by atoms with E-state index in [0.717, 1.165) is 16.5 Å². The maximum Gasteiger partial charge on any atom is 0.135 e. The molecule has 2 aromatic rings. The normalized spacial score (nSPS) is 10.8. The van der Waals surface area contributed by atoms with Gasteiger partial charge in [0.15, 0.2) is 0 Å². The van der Waals surface area contributed by atoms with Gasteiger partial charge < -0.3 is 10.2 Å². The van der Waals surface area contributed by atoms with Crippen LogP contribution in [0.15, 0.2) is 28.9 Å². The summed E-state index contributed by atoms with van der Waals surface area (Å²) in [5.41, 5.74) is 7.26. The first kappa shape index (κ1) is 7.65. The van der Waals surface area contributed by atoms with E-state index >= 15 is 0 Å². The second-order valence-electron chi connectivity index (χ2n) is 2.58. The lowest BCUT2D eigenvalue weighted by Gasteiger charge is -1.93. The minimum atomic E-state index is 0.455. The summed E-state index contributed by atoms with van der Waals surface area (Å²) < 4.78 is 5.26. The smallest absolute Gasteiger partial charge is 0.135 e. The van der Waals surface area contributed by atoms with E-state index in [2.05, 4.69) is 0 Å². The molecule has 1 aromatic carbocycles. The van der Waals surface area contributed by atoms with Crippen molar-refractivity contribution in [1.82, 2.24) is 0 Å². The summed E-state index contributed by atoms with van der Waals surface area (Å²) in [4.78, 5) is 0. The molecule has 0 aliphatic rings. The van der Waals surface area contributed by atoms with Gasteiger partial charge in [-0.2, -0.15) is 0 Å². The Bertz CT molecular complexity index is 408. The zero-order valence-electron chi connectivity index (χ0n) is 6.38. The third-order valence-electron chi connectivity index (χ3n) is 1.84. The number of rotatable bonds is 1. The molecule has 0 spiro atoms. The van der Waals surface area contributed by atoms with E-state index in [4.69, 9.17) is 21.8 Å². The summed E-state index contributed by atoms with van der Waals surface area (Å²) in [6, 6.07) is 5.56. The molecule has 2 N–H and O–H groups in total. The van der Waals surface area contributed by atoms with E-state index in [1.54, 1.807) is 6.26 Å². The van der Waals surface area contributed by atoms with Crippen molar-refractivity contribution in [2.24, 2.45) is 5.73 Å². The van der Waals surface area contributed by atoms with Crippen LogP contribution in [0.3, 0.4) is 0 Å². The fourth-order valence-electron chi connectivity index (χ4n) is 1.26. The van der Waals surface area contributed by atoms with Gasteiger partial charge in [-0.3, -0.25) is 0 Å². The SMILES string of the molecule is NCc1coc2cccc(Cl)c12. The van der Waals surface area contributed by atoms with Crippen LogP contribution in [0, 0.1) is 0 Å². The number of fused-ring (bicyclic) bond motifs is 1. The Labute approximate surface area is 74.9 Å². The van der Waals surface area contributed by atoms with E-state index in [1.165, 1.54) is 0 Å².